The molecule has 0 N–H and O–H groups in total. The SMILES string of the molecule is c1ccc(-c2ccc(N(c3ccc(-c4ccc(-n5c6ccccc6c6cc(-c7ccccc7)ccc65)cc4)cc3)c3ccc4c(c3)C3(c5ccccc5-4)c4cccc5cccc3c45)cc2)cc1. The van der Waals surface area contributed by atoms with Crippen molar-refractivity contribution in [1.29, 1.82) is 0 Å². The summed E-state index contributed by atoms with van der Waals surface area (Å²) in [6, 6.07) is 93.9. The van der Waals surface area contributed by atoms with Crippen LogP contribution in [-0.4, -0.2) is 4.57 Å². The van der Waals surface area contributed by atoms with Crippen molar-refractivity contribution in [2.24, 2.45) is 0 Å². The van der Waals surface area contributed by atoms with Crippen LogP contribution < -0.4 is 4.90 Å². The second kappa shape index (κ2) is 14.7. The topological polar surface area (TPSA) is 8.17 Å². The van der Waals surface area contributed by atoms with E-state index in [0.29, 0.717) is 0 Å². The summed E-state index contributed by atoms with van der Waals surface area (Å²) in [4.78, 5) is 2.43. The molecule has 1 spiro atoms. The zero-order chi connectivity index (χ0) is 44.1. The second-order valence-corrected chi connectivity index (χ2v) is 18.0. The highest BCUT2D eigenvalue weighted by Gasteiger charge is 2.53. The normalized spacial score (nSPS) is 12.9. The zero-order valence-corrected chi connectivity index (χ0v) is 36.6. The van der Waals surface area contributed by atoms with Gasteiger partial charge in [-0.15, -0.1) is 0 Å². The van der Waals surface area contributed by atoms with E-state index < -0.39 is 0 Å². The largest absolute Gasteiger partial charge is 0.310 e. The Hall–Kier alpha value is -8.72. The van der Waals surface area contributed by atoms with Crippen molar-refractivity contribution in [1.82, 2.24) is 4.57 Å². The van der Waals surface area contributed by atoms with Crippen molar-refractivity contribution < 1.29 is 0 Å². The number of nitrogens with zero attached hydrogens (tertiary/aromatic N) is 2. The standard InChI is InChI=1S/C65H42N2/c1-3-13-43(14-4-1)45-25-32-50(33-26-45)66(53-38-39-55-54-19-7-9-21-58(54)65(61(55)42-53)59-22-11-17-48-18-12-23-60(65)64(48)59)51-34-27-46(28-35-51)47-29-36-52(37-30-47)67-62-24-10-8-20-56(62)57-41-49(31-40-63(57)67)44-15-5-2-6-16-44/h1-42H. The molecule has 0 radical (unpaired) electrons. The highest BCUT2D eigenvalue weighted by molar-refractivity contribution is 6.11. The van der Waals surface area contributed by atoms with Crippen LogP contribution in [0.5, 0.6) is 0 Å². The molecule has 2 nitrogen and oxygen atoms in total. The van der Waals surface area contributed by atoms with E-state index >= 15 is 0 Å². The summed E-state index contributed by atoms with van der Waals surface area (Å²) in [5, 5.41) is 5.21. The maximum atomic E-state index is 2.47. The lowest BCUT2D eigenvalue weighted by atomic mass is 9.58. The van der Waals surface area contributed by atoms with E-state index in [0.717, 1.165) is 22.7 Å². The molecular weight excluding hydrogens is 809 g/mol. The molecule has 2 aliphatic carbocycles. The molecule has 67 heavy (non-hydrogen) atoms. The van der Waals surface area contributed by atoms with Gasteiger partial charge in [0, 0.05) is 33.5 Å². The summed E-state index contributed by atoms with van der Waals surface area (Å²) >= 11 is 0. The van der Waals surface area contributed by atoms with Gasteiger partial charge in [-0.05, 0) is 144 Å². The van der Waals surface area contributed by atoms with Gasteiger partial charge in [-0.1, -0.05) is 188 Å². The number of aromatic nitrogens is 1. The van der Waals surface area contributed by atoms with E-state index in [1.165, 1.54) is 99.3 Å². The van der Waals surface area contributed by atoms with E-state index in [-0.39, 0.29) is 5.41 Å². The van der Waals surface area contributed by atoms with Crippen molar-refractivity contribution in [3.8, 4) is 50.2 Å². The monoisotopic (exact) mass is 850 g/mol. The molecule has 11 aromatic carbocycles. The van der Waals surface area contributed by atoms with E-state index in [4.69, 9.17) is 0 Å². The van der Waals surface area contributed by atoms with E-state index in [9.17, 15) is 0 Å². The minimum atomic E-state index is -0.318. The number of hydrogen-bond acceptors (Lipinski definition) is 1. The van der Waals surface area contributed by atoms with Crippen LogP contribution in [0.1, 0.15) is 22.3 Å². The summed E-state index contributed by atoms with van der Waals surface area (Å²) < 4.78 is 2.40. The first-order valence-electron chi connectivity index (χ1n) is 23.2. The van der Waals surface area contributed by atoms with Gasteiger partial charge in [0.1, 0.15) is 0 Å². The lowest BCUT2D eigenvalue weighted by Gasteiger charge is -2.43. The first-order valence-corrected chi connectivity index (χ1v) is 23.2. The van der Waals surface area contributed by atoms with Crippen molar-refractivity contribution in [2.75, 3.05) is 4.90 Å². The van der Waals surface area contributed by atoms with E-state index in [1.54, 1.807) is 0 Å². The molecule has 12 aromatic rings. The summed E-state index contributed by atoms with van der Waals surface area (Å²) in [5.74, 6) is 0. The Kier molecular flexibility index (Phi) is 8.23. The molecule has 0 bridgehead atoms. The minimum absolute atomic E-state index is 0.318. The molecule has 0 saturated heterocycles. The van der Waals surface area contributed by atoms with E-state index in [2.05, 4.69) is 264 Å². The summed E-state index contributed by atoms with van der Waals surface area (Å²) in [6.07, 6.45) is 0. The van der Waals surface area contributed by atoms with Gasteiger partial charge >= 0.3 is 0 Å². The molecule has 0 atom stereocenters. The number of benzene rings is 11. The van der Waals surface area contributed by atoms with Crippen LogP contribution in [-0.2, 0) is 5.41 Å². The Morgan fingerprint density at radius 1 is 0.299 bits per heavy atom. The molecule has 2 aliphatic rings. The fraction of sp³-hybridized carbons (Fsp3) is 0.0154. The number of rotatable bonds is 7. The van der Waals surface area contributed by atoms with Gasteiger partial charge in [0.15, 0.2) is 0 Å². The Morgan fingerprint density at radius 3 is 1.46 bits per heavy atom. The van der Waals surface area contributed by atoms with Crippen molar-refractivity contribution in [2.45, 2.75) is 5.41 Å². The maximum Gasteiger partial charge on any atom is 0.0726 e. The van der Waals surface area contributed by atoms with Gasteiger partial charge in [-0.2, -0.15) is 0 Å². The minimum Gasteiger partial charge on any atom is -0.310 e. The first kappa shape index (κ1) is 37.6. The van der Waals surface area contributed by atoms with Gasteiger partial charge in [-0.3, -0.25) is 0 Å². The van der Waals surface area contributed by atoms with Gasteiger partial charge in [0.05, 0.1) is 16.4 Å². The summed E-state index contributed by atoms with van der Waals surface area (Å²) in [6.45, 7) is 0. The van der Waals surface area contributed by atoms with Gasteiger partial charge < -0.3 is 9.47 Å². The van der Waals surface area contributed by atoms with Crippen molar-refractivity contribution in [3.05, 3.63) is 277 Å². The van der Waals surface area contributed by atoms with Crippen LogP contribution in [0.4, 0.5) is 17.1 Å². The highest BCUT2D eigenvalue weighted by atomic mass is 15.1. The molecule has 0 fully saturated rings. The zero-order valence-electron chi connectivity index (χ0n) is 36.6. The molecule has 312 valence electrons. The summed E-state index contributed by atoms with van der Waals surface area (Å²) in [7, 11) is 0. The predicted molar refractivity (Wildman–Crippen MR) is 280 cm³/mol. The Labute approximate surface area is 389 Å². The quantitative estimate of drug-likeness (QED) is 0.155. The lowest BCUT2D eigenvalue weighted by molar-refractivity contribution is 0.745. The Bertz CT molecular complexity index is 3840. The molecule has 0 aliphatic heterocycles. The number of fused-ring (bicyclic) bond motifs is 10. The third kappa shape index (κ3) is 5.57. The molecule has 14 rings (SSSR count). The van der Waals surface area contributed by atoms with Crippen LogP contribution in [0, 0.1) is 0 Å². The number of para-hydroxylation sites is 1. The van der Waals surface area contributed by atoms with E-state index in [1.807, 2.05) is 0 Å². The number of hydrogen-bond donors (Lipinski definition) is 0. The third-order valence-electron chi connectivity index (χ3n) is 14.6. The Balaban J connectivity index is 0.855. The van der Waals surface area contributed by atoms with Crippen LogP contribution in [0.2, 0.25) is 0 Å². The fourth-order valence-electron chi connectivity index (χ4n) is 11.6. The van der Waals surface area contributed by atoms with Crippen LogP contribution in [0.3, 0.4) is 0 Å². The first-order chi connectivity index (χ1) is 33.2. The van der Waals surface area contributed by atoms with Crippen LogP contribution in [0.15, 0.2) is 255 Å². The maximum absolute atomic E-state index is 2.47. The average molecular weight is 851 g/mol. The fourth-order valence-corrected chi connectivity index (χ4v) is 11.6. The highest BCUT2D eigenvalue weighted by Crippen LogP contribution is 2.64. The predicted octanol–water partition coefficient (Wildman–Crippen LogP) is 17.1. The molecule has 0 saturated carbocycles. The van der Waals surface area contributed by atoms with Crippen molar-refractivity contribution in [3.63, 3.8) is 0 Å². The average Bonchev–Trinajstić information content (AvgIpc) is 3.90. The van der Waals surface area contributed by atoms with Crippen LogP contribution in [0.25, 0.3) is 82.8 Å². The number of anilines is 3. The smallest absolute Gasteiger partial charge is 0.0726 e. The van der Waals surface area contributed by atoms with Gasteiger partial charge in [0.25, 0.3) is 0 Å². The molecule has 0 unspecified atom stereocenters. The molecule has 2 heteroatoms. The molecule has 0 amide bonds. The van der Waals surface area contributed by atoms with Gasteiger partial charge in [0.2, 0.25) is 0 Å². The molecular formula is C65H42N2. The molecule has 1 aromatic heterocycles. The van der Waals surface area contributed by atoms with Crippen LogP contribution >= 0.6 is 0 Å². The second-order valence-electron chi connectivity index (χ2n) is 18.0. The Morgan fingerprint density at radius 2 is 0.791 bits per heavy atom. The summed E-state index contributed by atoms with van der Waals surface area (Å²) in [5.41, 5.74) is 21.9. The lowest BCUT2D eigenvalue weighted by Crippen LogP contribution is -2.36. The third-order valence-corrected chi connectivity index (χ3v) is 14.6. The van der Waals surface area contributed by atoms with Gasteiger partial charge in [-0.25, -0.2) is 0 Å². The van der Waals surface area contributed by atoms with Crippen molar-refractivity contribution >= 4 is 49.6 Å². The molecule has 1 heterocycles.